The molecule has 1 atom stereocenters. The van der Waals surface area contributed by atoms with Crippen molar-refractivity contribution in [3.05, 3.63) is 35.1 Å². The van der Waals surface area contributed by atoms with Gasteiger partial charge in [0.2, 0.25) is 0 Å². The Bertz CT molecular complexity index is 217. The van der Waals surface area contributed by atoms with Crippen LogP contribution in [0.2, 0.25) is 0 Å². The summed E-state index contributed by atoms with van der Waals surface area (Å²) in [5, 5.41) is 4.45. The SMILES string of the molecule is CC1Cc2ccccc2[N-]1. The first-order valence-electron chi connectivity index (χ1n) is 3.65. The lowest BCUT2D eigenvalue weighted by atomic mass is 10.1. The van der Waals surface area contributed by atoms with Crippen LogP contribution in [-0.2, 0) is 6.42 Å². The van der Waals surface area contributed by atoms with Gasteiger partial charge in [0.05, 0.1) is 0 Å². The Balaban J connectivity index is 2.42. The molecule has 1 aromatic rings. The summed E-state index contributed by atoms with van der Waals surface area (Å²) < 4.78 is 0. The fourth-order valence-electron chi connectivity index (χ4n) is 1.41. The summed E-state index contributed by atoms with van der Waals surface area (Å²) in [5.41, 5.74) is 2.59. The van der Waals surface area contributed by atoms with Gasteiger partial charge < -0.3 is 5.32 Å². The van der Waals surface area contributed by atoms with E-state index in [0.29, 0.717) is 6.04 Å². The number of para-hydroxylation sites is 1. The monoisotopic (exact) mass is 132 g/mol. The lowest BCUT2D eigenvalue weighted by Crippen LogP contribution is -1.93. The van der Waals surface area contributed by atoms with Crippen molar-refractivity contribution in [3.8, 4) is 0 Å². The Morgan fingerprint density at radius 3 is 3.00 bits per heavy atom. The van der Waals surface area contributed by atoms with Gasteiger partial charge in [-0.3, -0.25) is 0 Å². The first kappa shape index (κ1) is 5.78. The minimum absolute atomic E-state index is 0.498. The van der Waals surface area contributed by atoms with Gasteiger partial charge in [-0.2, -0.15) is 0 Å². The largest absolute Gasteiger partial charge is 0.681 e. The highest BCUT2D eigenvalue weighted by Gasteiger charge is 2.03. The number of rotatable bonds is 0. The molecule has 1 aliphatic rings. The van der Waals surface area contributed by atoms with Crippen LogP contribution in [0.15, 0.2) is 24.3 Å². The van der Waals surface area contributed by atoms with Crippen molar-refractivity contribution in [1.82, 2.24) is 0 Å². The Kier molecular flexibility index (Phi) is 1.16. The van der Waals surface area contributed by atoms with Gasteiger partial charge in [0.25, 0.3) is 0 Å². The van der Waals surface area contributed by atoms with Crippen LogP contribution in [0.5, 0.6) is 0 Å². The van der Waals surface area contributed by atoms with Gasteiger partial charge >= 0.3 is 0 Å². The molecule has 0 radical (unpaired) electrons. The van der Waals surface area contributed by atoms with Crippen molar-refractivity contribution in [2.45, 2.75) is 19.4 Å². The van der Waals surface area contributed by atoms with Gasteiger partial charge in [-0.1, -0.05) is 36.8 Å². The molecule has 1 aliphatic heterocycles. The Hall–Kier alpha value is -0.980. The van der Waals surface area contributed by atoms with Crippen molar-refractivity contribution in [3.63, 3.8) is 0 Å². The van der Waals surface area contributed by atoms with E-state index in [1.165, 1.54) is 11.3 Å². The summed E-state index contributed by atoms with van der Waals surface area (Å²) in [6.07, 6.45) is 1.12. The topological polar surface area (TPSA) is 14.1 Å². The second kappa shape index (κ2) is 2.01. The number of hydrogen-bond acceptors (Lipinski definition) is 0. The Labute approximate surface area is 61.1 Å². The minimum Gasteiger partial charge on any atom is -0.681 e. The summed E-state index contributed by atoms with van der Waals surface area (Å²) >= 11 is 0. The first-order chi connectivity index (χ1) is 4.86. The molecule has 0 aromatic heterocycles. The summed E-state index contributed by atoms with van der Waals surface area (Å²) in [4.78, 5) is 0. The van der Waals surface area contributed by atoms with E-state index in [1.54, 1.807) is 0 Å². The Morgan fingerprint density at radius 2 is 2.20 bits per heavy atom. The fraction of sp³-hybridized carbons (Fsp3) is 0.333. The van der Waals surface area contributed by atoms with E-state index < -0.39 is 0 Å². The maximum atomic E-state index is 4.45. The standard InChI is InChI=1S/C9H10N/c1-7-6-8-4-2-3-5-9(8)10-7/h2-5,7H,6H2,1H3/q-1. The zero-order valence-corrected chi connectivity index (χ0v) is 6.04. The molecule has 0 spiro atoms. The molecule has 0 amide bonds. The number of fused-ring (bicyclic) bond motifs is 1. The van der Waals surface area contributed by atoms with E-state index in [1.807, 2.05) is 6.07 Å². The molecule has 0 saturated carbocycles. The highest BCUT2D eigenvalue weighted by atomic mass is 14.9. The van der Waals surface area contributed by atoms with E-state index in [4.69, 9.17) is 0 Å². The van der Waals surface area contributed by atoms with Gasteiger partial charge in [0.1, 0.15) is 0 Å². The third-order valence-electron chi connectivity index (χ3n) is 1.87. The molecule has 1 heteroatoms. The second-order valence-corrected chi connectivity index (χ2v) is 2.81. The van der Waals surface area contributed by atoms with Crippen molar-refractivity contribution >= 4 is 5.69 Å². The van der Waals surface area contributed by atoms with E-state index in [-0.39, 0.29) is 0 Å². The third kappa shape index (κ3) is 0.783. The van der Waals surface area contributed by atoms with Gasteiger partial charge in [0.15, 0.2) is 0 Å². The molecule has 0 saturated heterocycles. The van der Waals surface area contributed by atoms with Crippen LogP contribution in [0.25, 0.3) is 5.32 Å². The fourth-order valence-corrected chi connectivity index (χ4v) is 1.41. The average molecular weight is 132 g/mol. The lowest BCUT2D eigenvalue weighted by Gasteiger charge is -2.18. The van der Waals surface area contributed by atoms with Crippen molar-refractivity contribution in [2.75, 3.05) is 0 Å². The van der Waals surface area contributed by atoms with Crippen LogP contribution in [0.4, 0.5) is 5.69 Å². The normalized spacial score (nSPS) is 21.9. The number of nitrogens with zero attached hydrogens (tertiary/aromatic N) is 1. The van der Waals surface area contributed by atoms with Gasteiger partial charge in [-0.05, 0) is 6.42 Å². The molecule has 0 fully saturated rings. The first-order valence-corrected chi connectivity index (χ1v) is 3.65. The molecule has 2 rings (SSSR count). The van der Waals surface area contributed by atoms with E-state index in [0.717, 1.165) is 6.42 Å². The van der Waals surface area contributed by atoms with Crippen molar-refractivity contribution in [2.24, 2.45) is 0 Å². The van der Waals surface area contributed by atoms with Crippen LogP contribution < -0.4 is 0 Å². The zero-order valence-electron chi connectivity index (χ0n) is 6.04. The molecule has 0 aliphatic carbocycles. The Morgan fingerprint density at radius 1 is 1.40 bits per heavy atom. The van der Waals surface area contributed by atoms with Crippen molar-refractivity contribution in [1.29, 1.82) is 0 Å². The molecule has 1 heterocycles. The summed E-state index contributed by atoms with van der Waals surface area (Å²) in [6, 6.07) is 8.85. The van der Waals surface area contributed by atoms with Crippen LogP contribution >= 0.6 is 0 Å². The van der Waals surface area contributed by atoms with E-state index in [2.05, 4.69) is 30.4 Å². The van der Waals surface area contributed by atoms with Crippen LogP contribution in [0, 0.1) is 0 Å². The maximum Gasteiger partial charge on any atom is -0.0427 e. The summed E-state index contributed by atoms with van der Waals surface area (Å²) in [5.74, 6) is 0. The van der Waals surface area contributed by atoms with Crippen LogP contribution in [-0.4, -0.2) is 6.04 Å². The predicted molar refractivity (Wildman–Crippen MR) is 42.6 cm³/mol. The number of benzene rings is 1. The highest BCUT2D eigenvalue weighted by molar-refractivity contribution is 5.60. The van der Waals surface area contributed by atoms with Gasteiger partial charge in [-0.25, -0.2) is 0 Å². The average Bonchev–Trinajstić information content (AvgIpc) is 2.27. The van der Waals surface area contributed by atoms with Gasteiger partial charge in [0, 0.05) is 0 Å². The molecule has 1 aromatic carbocycles. The predicted octanol–water partition coefficient (Wildman–Crippen LogP) is 2.64. The molecule has 0 N–H and O–H groups in total. The van der Waals surface area contributed by atoms with Crippen LogP contribution in [0.3, 0.4) is 0 Å². The second-order valence-electron chi connectivity index (χ2n) is 2.81. The molecular weight excluding hydrogens is 122 g/mol. The smallest absolute Gasteiger partial charge is 0.0427 e. The summed E-state index contributed by atoms with van der Waals surface area (Å²) in [6.45, 7) is 2.15. The van der Waals surface area contributed by atoms with Gasteiger partial charge in [-0.15, -0.1) is 11.7 Å². The third-order valence-corrected chi connectivity index (χ3v) is 1.87. The minimum atomic E-state index is 0.498. The zero-order chi connectivity index (χ0) is 6.97. The van der Waals surface area contributed by atoms with E-state index >= 15 is 0 Å². The van der Waals surface area contributed by atoms with E-state index in [9.17, 15) is 0 Å². The molecule has 0 bridgehead atoms. The lowest BCUT2D eigenvalue weighted by molar-refractivity contribution is 0.871. The summed E-state index contributed by atoms with van der Waals surface area (Å²) in [7, 11) is 0. The highest BCUT2D eigenvalue weighted by Crippen LogP contribution is 2.34. The molecular formula is C9H10N-. The van der Waals surface area contributed by atoms with Crippen molar-refractivity contribution < 1.29 is 0 Å². The molecule has 52 valence electrons. The maximum absolute atomic E-state index is 4.45. The quantitative estimate of drug-likeness (QED) is 0.515. The molecule has 1 unspecified atom stereocenters. The molecule has 1 nitrogen and oxygen atoms in total. The number of hydrogen-bond donors (Lipinski definition) is 0. The molecule has 10 heavy (non-hydrogen) atoms. The van der Waals surface area contributed by atoms with Crippen LogP contribution in [0.1, 0.15) is 12.5 Å².